The van der Waals surface area contributed by atoms with Gasteiger partial charge in [0.2, 0.25) is 0 Å². The van der Waals surface area contributed by atoms with Gasteiger partial charge in [-0.2, -0.15) is 0 Å². The van der Waals surface area contributed by atoms with Crippen LogP contribution in [-0.2, 0) is 4.74 Å². The van der Waals surface area contributed by atoms with Crippen molar-refractivity contribution in [1.29, 1.82) is 0 Å². The maximum Gasteiger partial charge on any atom is 0.410 e. The van der Waals surface area contributed by atoms with Gasteiger partial charge in [0.25, 0.3) is 0 Å². The van der Waals surface area contributed by atoms with Crippen molar-refractivity contribution in [2.75, 3.05) is 19.6 Å². The van der Waals surface area contributed by atoms with Gasteiger partial charge in [-0.25, -0.2) is 4.79 Å². The van der Waals surface area contributed by atoms with E-state index in [1.807, 2.05) is 27.7 Å². The van der Waals surface area contributed by atoms with Gasteiger partial charge >= 0.3 is 6.09 Å². The molecule has 0 heterocycles. The molecule has 1 N–H and O–H groups in total. The lowest BCUT2D eigenvalue weighted by molar-refractivity contribution is 0.0259. The lowest BCUT2D eigenvalue weighted by Gasteiger charge is -2.33. The van der Waals surface area contributed by atoms with Crippen LogP contribution in [0, 0.1) is 5.92 Å². The number of nitrogens with one attached hydrogen (secondary N) is 1. The Labute approximate surface area is 130 Å². The maximum absolute atomic E-state index is 12.1. The number of amides is 1. The summed E-state index contributed by atoms with van der Waals surface area (Å²) in [5, 5.41) is 3.66. The van der Waals surface area contributed by atoms with Crippen LogP contribution in [0.15, 0.2) is 0 Å². The second-order valence-electron chi connectivity index (χ2n) is 7.07. The number of nitrogens with zero attached hydrogens (tertiary/aromatic N) is 1. The van der Waals surface area contributed by atoms with E-state index < -0.39 is 5.60 Å². The van der Waals surface area contributed by atoms with Gasteiger partial charge in [0, 0.05) is 25.7 Å². The Morgan fingerprint density at radius 2 is 1.90 bits per heavy atom. The van der Waals surface area contributed by atoms with Crippen LogP contribution in [0.5, 0.6) is 0 Å². The summed E-state index contributed by atoms with van der Waals surface area (Å²) in [5.74, 6) is 0.801. The van der Waals surface area contributed by atoms with E-state index in [1.165, 1.54) is 32.1 Å². The van der Waals surface area contributed by atoms with Gasteiger partial charge in [-0.3, -0.25) is 0 Å². The molecule has 0 aromatic rings. The molecule has 1 saturated carbocycles. The smallest absolute Gasteiger partial charge is 0.410 e. The largest absolute Gasteiger partial charge is 0.444 e. The molecule has 1 fully saturated rings. The lowest BCUT2D eigenvalue weighted by atomic mass is 9.83. The van der Waals surface area contributed by atoms with Crippen molar-refractivity contribution in [1.82, 2.24) is 10.2 Å². The van der Waals surface area contributed by atoms with Crippen LogP contribution in [0.25, 0.3) is 0 Å². The van der Waals surface area contributed by atoms with E-state index in [-0.39, 0.29) is 6.09 Å². The highest BCUT2D eigenvalue weighted by atomic mass is 16.6. The first-order chi connectivity index (χ1) is 9.87. The molecule has 1 amide bonds. The van der Waals surface area contributed by atoms with Crippen molar-refractivity contribution in [3.63, 3.8) is 0 Å². The zero-order chi connectivity index (χ0) is 15.9. The molecule has 2 atom stereocenters. The fraction of sp³-hybridized carbons (Fsp3) is 0.941. The van der Waals surface area contributed by atoms with Crippen LogP contribution in [0.1, 0.15) is 66.7 Å². The lowest BCUT2D eigenvalue weighted by Crippen LogP contribution is -2.44. The van der Waals surface area contributed by atoms with Crippen LogP contribution >= 0.6 is 0 Å². The predicted octanol–water partition coefficient (Wildman–Crippen LogP) is 3.80. The predicted molar refractivity (Wildman–Crippen MR) is 87.5 cm³/mol. The molecule has 0 spiro atoms. The standard InChI is InChI=1S/C17H34N2O2/c1-6-14-10-8-9-11-15(14)18-12-13-19(7-2)16(20)21-17(3,4)5/h14-15,18H,6-13H2,1-5H3. The van der Waals surface area contributed by atoms with Crippen molar-refractivity contribution < 1.29 is 9.53 Å². The van der Waals surface area contributed by atoms with Crippen molar-refractivity contribution in [2.24, 2.45) is 5.92 Å². The quantitative estimate of drug-likeness (QED) is 0.811. The molecule has 21 heavy (non-hydrogen) atoms. The Kier molecular flexibility index (Phi) is 7.50. The number of rotatable bonds is 6. The van der Waals surface area contributed by atoms with Crippen molar-refractivity contribution in [2.45, 2.75) is 78.4 Å². The van der Waals surface area contributed by atoms with Gasteiger partial charge in [-0.15, -0.1) is 0 Å². The third kappa shape index (κ3) is 6.68. The molecule has 0 saturated heterocycles. The summed E-state index contributed by atoms with van der Waals surface area (Å²) in [6, 6.07) is 0.626. The summed E-state index contributed by atoms with van der Waals surface area (Å²) in [4.78, 5) is 13.8. The number of hydrogen-bond donors (Lipinski definition) is 1. The molecule has 0 bridgehead atoms. The summed E-state index contributed by atoms with van der Waals surface area (Å²) in [6.07, 6.45) is 6.37. The number of hydrogen-bond acceptors (Lipinski definition) is 3. The molecule has 1 aliphatic rings. The van der Waals surface area contributed by atoms with E-state index in [2.05, 4.69) is 12.2 Å². The summed E-state index contributed by atoms with van der Waals surface area (Å²) < 4.78 is 5.43. The van der Waals surface area contributed by atoms with E-state index >= 15 is 0 Å². The molecule has 1 rings (SSSR count). The first-order valence-corrected chi connectivity index (χ1v) is 8.58. The van der Waals surface area contributed by atoms with Gasteiger partial charge in [-0.1, -0.05) is 26.2 Å². The molecular weight excluding hydrogens is 264 g/mol. The summed E-state index contributed by atoms with van der Waals surface area (Å²) in [7, 11) is 0. The van der Waals surface area contributed by atoms with Crippen LogP contribution in [0.4, 0.5) is 4.79 Å². The molecule has 124 valence electrons. The van der Waals surface area contributed by atoms with E-state index in [4.69, 9.17) is 4.74 Å². The summed E-state index contributed by atoms with van der Waals surface area (Å²) in [6.45, 7) is 12.3. The van der Waals surface area contributed by atoms with Crippen LogP contribution in [0.2, 0.25) is 0 Å². The third-order valence-electron chi connectivity index (χ3n) is 4.26. The number of carbonyl (C=O) groups excluding carboxylic acids is 1. The average molecular weight is 298 g/mol. The molecule has 2 unspecified atom stereocenters. The monoisotopic (exact) mass is 298 g/mol. The van der Waals surface area contributed by atoms with Gasteiger partial charge in [-0.05, 0) is 46.5 Å². The van der Waals surface area contributed by atoms with E-state index in [1.54, 1.807) is 4.90 Å². The Morgan fingerprint density at radius 3 is 2.48 bits per heavy atom. The molecular formula is C17H34N2O2. The number of likely N-dealkylation sites (N-methyl/N-ethyl adjacent to an activating group) is 1. The fourth-order valence-corrected chi connectivity index (χ4v) is 3.05. The van der Waals surface area contributed by atoms with Crippen LogP contribution < -0.4 is 5.32 Å². The zero-order valence-corrected chi connectivity index (χ0v) is 14.6. The van der Waals surface area contributed by atoms with Gasteiger partial charge < -0.3 is 15.0 Å². The molecule has 0 radical (unpaired) electrons. The average Bonchev–Trinajstić information content (AvgIpc) is 2.42. The third-order valence-corrected chi connectivity index (χ3v) is 4.26. The highest BCUT2D eigenvalue weighted by molar-refractivity contribution is 5.68. The Balaban J connectivity index is 2.36. The van der Waals surface area contributed by atoms with Gasteiger partial charge in [0.05, 0.1) is 0 Å². The van der Waals surface area contributed by atoms with E-state index in [9.17, 15) is 4.79 Å². The molecule has 4 heteroatoms. The highest BCUT2D eigenvalue weighted by Gasteiger charge is 2.24. The van der Waals surface area contributed by atoms with E-state index in [0.29, 0.717) is 12.6 Å². The molecule has 0 aromatic heterocycles. The minimum atomic E-state index is -0.422. The van der Waals surface area contributed by atoms with Crippen molar-refractivity contribution in [3.8, 4) is 0 Å². The number of carbonyl (C=O) groups is 1. The highest BCUT2D eigenvalue weighted by Crippen LogP contribution is 2.26. The normalized spacial score (nSPS) is 22.9. The number of ether oxygens (including phenoxy) is 1. The SMILES string of the molecule is CCC1CCCCC1NCCN(CC)C(=O)OC(C)(C)C. The molecule has 4 nitrogen and oxygen atoms in total. The van der Waals surface area contributed by atoms with Gasteiger partial charge in [0.15, 0.2) is 0 Å². The Bertz CT molecular complexity index is 312. The first-order valence-electron chi connectivity index (χ1n) is 8.58. The van der Waals surface area contributed by atoms with Gasteiger partial charge in [0.1, 0.15) is 5.60 Å². The van der Waals surface area contributed by atoms with Crippen molar-refractivity contribution >= 4 is 6.09 Å². The fourth-order valence-electron chi connectivity index (χ4n) is 3.05. The summed E-state index contributed by atoms with van der Waals surface area (Å²) >= 11 is 0. The second kappa shape index (κ2) is 8.62. The molecule has 1 aliphatic carbocycles. The first kappa shape index (κ1) is 18.3. The van der Waals surface area contributed by atoms with Crippen LogP contribution in [-0.4, -0.2) is 42.3 Å². The maximum atomic E-state index is 12.1. The molecule has 0 aromatic carbocycles. The minimum Gasteiger partial charge on any atom is -0.444 e. The second-order valence-corrected chi connectivity index (χ2v) is 7.07. The zero-order valence-electron chi connectivity index (χ0n) is 14.6. The summed E-state index contributed by atoms with van der Waals surface area (Å²) in [5.41, 5.74) is -0.422. The van der Waals surface area contributed by atoms with E-state index in [0.717, 1.165) is 19.0 Å². The topological polar surface area (TPSA) is 41.6 Å². The minimum absolute atomic E-state index is 0.206. The van der Waals surface area contributed by atoms with Crippen molar-refractivity contribution in [3.05, 3.63) is 0 Å². The van der Waals surface area contributed by atoms with Crippen LogP contribution in [0.3, 0.4) is 0 Å². The Morgan fingerprint density at radius 1 is 1.24 bits per heavy atom. The Hall–Kier alpha value is -0.770. The molecule has 0 aliphatic heterocycles.